The summed E-state index contributed by atoms with van der Waals surface area (Å²) in [4.78, 5) is 0.617. The molecule has 1 unspecified atom stereocenters. The van der Waals surface area contributed by atoms with Gasteiger partial charge in [-0.2, -0.15) is 0 Å². The summed E-state index contributed by atoms with van der Waals surface area (Å²) in [5.74, 6) is 0. The second-order valence-electron chi connectivity index (χ2n) is 2.76. The van der Waals surface area contributed by atoms with Crippen molar-refractivity contribution in [2.45, 2.75) is 4.90 Å². The largest absolute Gasteiger partial charge is 0.342 e. The second kappa shape index (κ2) is 5.56. The Labute approximate surface area is 91.6 Å². The maximum Gasteiger partial charge on any atom is 0.342 e. The molecule has 0 heterocycles. The first kappa shape index (κ1) is 12.6. The fourth-order valence-electron chi connectivity index (χ4n) is 0.970. The minimum absolute atomic E-state index is 0.121. The molecule has 0 aliphatic heterocycles. The van der Waals surface area contributed by atoms with E-state index in [2.05, 4.69) is 0 Å². The standard InChI is InChI=1S/C9H13O4PS/c1-12-14(10,13-2)8-15(11)9-6-4-3-5-7-9/h3-7H,8H2,1-2H3. The minimum atomic E-state index is -3.20. The molecule has 0 aliphatic rings. The fraction of sp³-hybridized carbons (Fsp3) is 0.333. The summed E-state index contributed by atoms with van der Waals surface area (Å²) in [7, 11) is -2.00. The lowest BCUT2D eigenvalue weighted by Gasteiger charge is -2.12. The van der Waals surface area contributed by atoms with E-state index in [0.29, 0.717) is 4.90 Å². The highest BCUT2D eigenvalue weighted by Gasteiger charge is 2.25. The van der Waals surface area contributed by atoms with Gasteiger partial charge >= 0.3 is 7.60 Å². The number of rotatable bonds is 5. The van der Waals surface area contributed by atoms with E-state index in [9.17, 15) is 8.77 Å². The quantitative estimate of drug-likeness (QED) is 0.750. The minimum Gasteiger partial charge on any atom is -0.311 e. The van der Waals surface area contributed by atoms with Gasteiger partial charge in [0.1, 0.15) is 5.49 Å². The summed E-state index contributed by atoms with van der Waals surface area (Å²) in [6, 6.07) is 8.81. The lowest BCUT2D eigenvalue weighted by molar-refractivity contribution is 0.280. The summed E-state index contributed by atoms with van der Waals surface area (Å²) in [5, 5.41) is 0. The van der Waals surface area contributed by atoms with E-state index < -0.39 is 18.4 Å². The van der Waals surface area contributed by atoms with Crippen molar-refractivity contribution in [1.82, 2.24) is 0 Å². The average Bonchev–Trinajstić information content (AvgIpc) is 2.30. The molecule has 1 rings (SSSR count). The molecule has 84 valence electrons. The summed E-state index contributed by atoms with van der Waals surface area (Å²) >= 11 is 0. The van der Waals surface area contributed by atoms with Crippen molar-refractivity contribution >= 4 is 18.4 Å². The van der Waals surface area contributed by atoms with Crippen LogP contribution in [0.1, 0.15) is 0 Å². The Bertz CT molecular complexity index is 371. The van der Waals surface area contributed by atoms with Gasteiger partial charge in [-0.1, -0.05) is 18.2 Å². The van der Waals surface area contributed by atoms with E-state index in [-0.39, 0.29) is 5.49 Å². The third-order valence-corrected chi connectivity index (χ3v) is 5.95. The van der Waals surface area contributed by atoms with Crippen LogP contribution in [0.2, 0.25) is 0 Å². The first-order valence-electron chi connectivity index (χ1n) is 4.25. The molecule has 0 saturated heterocycles. The van der Waals surface area contributed by atoms with Gasteiger partial charge in [-0.3, -0.25) is 8.77 Å². The third-order valence-electron chi connectivity index (χ3n) is 1.84. The van der Waals surface area contributed by atoms with Crippen molar-refractivity contribution in [3.63, 3.8) is 0 Å². The Balaban J connectivity index is 2.76. The third kappa shape index (κ3) is 3.54. The van der Waals surface area contributed by atoms with Crippen LogP contribution in [-0.2, 0) is 24.4 Å². The van der Waals surface area contributed by atoms with E-state index >= 15 is 0 Å². The van der Waals surface area contributed by atoms with Crippen molar-refractivity contribution in [3.05, 3.63) is 30.3 Å². The van der Waals surface area contributed by atoms with Gasteiger partial charge in [-0.15, -0.1) is 0 Å². The Morgan fingerprint density at radius 1 is 1.20 bits per heavy atom. The van der Waals surface area contributed by atoms with Crippen LogP contribution in [0.25, 0.3) is 0 Å². The molecule has 0 fully saturated rings. The summed E-state index contributed by atoms with van der Waals surface area (Å²) in [6.45, 7) is 0. The maximum atomic E-state index is 11.8. The van der Waals surface area contributed by atoms with Crippen LogP contribution in [0.5, 0.6) is 0 Å². The van der Waals surface area contributed by atoms with E-state index in [1.807, 2.05) is 6.07 Å². The SMILES string of the molecule is COP(=O)(CS(=O)c1ccccc1)OC. The molecule has 0 N–H and O–H groups in total. The topological polar surface area (TPSA) is 52.6 Å². The highest BCUT2D eigenvalue weighted by atomic mass is 32.2. The average molecular weight is 248 g/mol. The van der Waals surface area contributed by atoms with Crippen LogP contribution in [0.3, 0.4) is 0 Å². The van der Waals surface area contributed by atoms with Gasteiger partial charge in [0.2, 0.25) is 0 Å². The molecular weight excluding hydrogens is 235 g/mol. The number of benzene rings is 1. The molecule has 1 aromatic rings. The first-order valence-corrected chi connectivity index (χ1v) is 7.30. The Kier molecular flexibility index (Phi) is 4.67. The van der Waals surface area contributed by atoms with Crippen molar-refractivity contribution in [2.24, 2.45) is 0 Å². The Morgan fingerprint density at radius 3 is 2.20 bits per heavy atom. The molecule has 0 bridgehead atoms. The van der Waals surface area contributed by atoms with Gasteiger partial charge in [0, 0.05) is 19.1 Å². The van der Waals surface area contributed by atoms with Crippen LogP contribution in [-0.4, -0.2) is 23.9 Å². The zero-order chi connectivity index (χ0) is 11.3. The smallest absolute Gasteiger partial charge is 0.311 e. The second-order valence-corrected chi connectivity index (χ2v) is 6.91. The monoisotopic (exact) mass is 248 g/mol. The van der Waals surface area contributed by atoms with E-state index in [0.717, 1.165) is 0 Å². The van der Waals surface area contributed by atoms with Gasteiger partial charge in [-0.25, -0.2) is 0 Å². The summed E-state index contributed by atoms with van der Waals surface area (Å²) < 4.78 is 32.9. The maximum absolute atomic E-state index is 11.8. The molecule has 0 aromatic heterocycles. The normalized spacial score (nSPS) is 13.7. The zero-order valence-corrected chi connectivity index (χ0v) is 10.3. The highest BCUT2D eigenvalue weighted by Crippen LogP contribution is 2.47. The molecule has 0 amide bonds. The van der Waals surface area contributed by atoms with Gasteiger partial charge in [-0.05, 0) is 12.1 Å². The summed E-state index contributed by atoms with van der Waals surface area (Å²) in [5.41, 5.74) is -0.121. The van der Waals surface area contributed by atoms with Gasteiger partial charge in [0.05, 0.1) is 10.8 Å². The molecular formula is C9H13O4PS. The number of hydrogen-bond acceptors (Lipinski definition) is 4. The molecule has 0 spiro atoms. The van der Waals surface area contributed by atoms with E-state index in [4.69, 9.17) is 9.05 Å². The Morgan fingerprint density at radius 2 is 1.73 bits per heavy atom. The predicted molar refractivity (Wildman–Crippen MR) is 59.3 cm³/mol. The lowest BCUT2D eigenvalue weighted by atomic mass is 10.4. The van der Waals surface area contributed by atoms with E-state index in [1.165, 1.54) is 14.2 Å². The van der Waals surface area contributed by atoms with Crippen LogP contribution in [0.15, 0.2) is 35.2 Å². The van der Waals surface area contributed by atoms with Crippen LogP contribution < -0.4 is 0 Å². The molecule has 1 atom stereocenters. The van der Waals surface area contributed by atoms with Gasteiger partial charge in [0.25, 0.3) is 0 Å². The molecule has 6 heteroatoms. The molecule has 1 aromatic carbocycles. The molecule has 0 radical (unpaired) electrons. The van der Waals surface area contributed by atoms with Crippen molar-refractivity contribution in [1.29, 1.82) is 0 Å². The predicted octanol–water partition coefficient (Wildman–Crippen LogP) is 2.24. The number of hydrogen-bond donors (Lipinski definition) is 0. The molecule has 0 saturated carbocycles. The highest BCUT2D eigenvalue weighted by molar-refractivity contribution is 7.92. The van der Waals surface area contributed by atoms with Crippen LogP contribution in [0.4, 0.5) is 0 Å². The van der Waals surface area contributed by atoms with Crippen molar-refractivity contribution in [2.75, 3.05) is 19.7 Å². The lowest BCUT2D eigenvalue weighted by Crippen LogP contribution is -2.02. The van der Waals surface area contributed by atoms with Crippen molar-refractivity contribution < 1.29 is 17.8 Å². The van der Waals surface area contributed by atoms with Crippen molar-refractivity contribution in [3.8, 4) is 0 Å². The zero-order valence-electron chi connectivity index (χ0n) is 8.58. The first-order chi connectivity index (χ1) is 7.11. The fourth-order valence-corrected chi connectivity index (χ4v) is 4.17. The molecule has 15 heavy (non-hydrogen) atoms. The van der Waals surface area contributed by atoms with Crippen LogP contribution >= 0.6 is 7.60 Å². The van der Waals surface area contributed by atoms with Gasteiger partial charge in [0.15, 0.2) is 0 Å². The van der Waals surface area contributed by atoms with Crippen LogP contribution in [0, 0.1) is 0 Å². The molecule has 0 aliphatic carbocycles. The summed E-state index contributed by atoms with van der Waals surface area (Å²) in [6.07, 6.45) is 0. The molecule has 4 nitrogen and oxygen atoms in total. The van der Waals surface area contributed by atoms with Gasteiger partial charge < -0.3 is 9.05 Å². The Hall–Kier alpha value is -0.480. The van der Waals surface area contributed by atoms with E-state index in [1.54, 1.807) is 24.3 Å².